The van der Waals surface area contributed by atoms with Gasteiger partial charge in [-0.25, -0.2) is 4.98 Å². The molecule has 0 N–H and O–H groups in total. The van der Waals surface area contributed by atoms with Crippen LogP contribution >= 0.6 is 15.9 Å². The van der Waals surface area contributed by atoms with E-state index in [9.17, 15) is 0 Å². The van der Waals surface area contributed by atoms with Crippen molar-refractivity contribution in [3.8, 4) is 11.3 Å². The molecule has 1 aliphatic rings. The Morgan fingerprint density at radius 3 is 2.71 bits per heavy atom. The lowest BCUT2D eigenvalue weighted by molar-refractivity contribution is 0.635. The highest BCUT2D eigenvalue weighted by Gasteiger charge is 2.11. The van der Waals surface area contributed by atoms with E-state index in [1.807, 2.05) is 0 Å². The number of halogens is 1. The second kappa shape index (κ2) is 4.65. The van der Waals surface area contributed by atoms with Gasteiger partial charge in [0.05, 0.1) is 5.69 Å². The molecule has 1 aromatic carbocycles. The third-order valence-electron chi connectivity index (χ3n) is 3.30. The highest BCUT2D eigenvalue weighted by atomic mass is 79.9. The predicted molar refractivity (Wildman–Crippen MR) is 72.9 cm³/mol. The summed E-state index contributed by atoms with van der Waals surface area (Å²) in [4.78, 5) is 4.76. The number of nitrogens with zero attached hydrogens (tertiary/aromatic N) is 2. The Balaban J connectivity index is 1.96. The maximum absolute atomic E-state index is 4.76. The van der Waals surface area contributed by atoms with Gasteiger partial charge in [0, 0.05) is 29.2 Å². The number of imidazole rings is 1. The van der Waals surface area contributed by atoms with Crippen LogP contribution in [0, 0.1) is 0 Å². The monoisotopic (exact) mass is 290 g/mol. The number of hydrogen-bond donors (Lipinski definition) is 0. The van der Waals surface area contributed by atoms with Gasteiger partial charge < -0.3 is 4.57 Å². The van der Waals surface area contributed by atoms with Crippen molar-refractivity contribution >= 4 is 15.9 Å². The van der Waals surface area contributed by atoms with Gasteiger partial charge in [-0.05, 0) is 25.0 Å². The molecule has 0 unspecified atom stereocenters. The lowest BCUT2D eigenvalue weighted by Gasteiger charge is -1.99. The number of rotatable bonds is 1. The molecule has 2 aromatic rings. The van der Waals surface area contributed by atoms with Crippen LogP contribution in [0.25, 0.3) is 11.3 Å². The van der Waals surface area contributed by atoms with Crippen LogP contribution in [0.4, 0.5) is 0 Å². The summed E-state index contributed by atoms with van der Waals surface area (Å²) in [6.45, 7) is 1.12. The fourth-order valence-corrected chi connectivity index (χ4v) is 2.61. The molecule has 0 radical (unpaired) electrons. The van der Waals surface area contributed by atoms with Crippen molar-refractivity contribution in [3.63, 3.8) is 0 Å². The van der Waals surface area contributed by atoms with Gasteiger partial charge >= 0.3 is 0 Å². The van der Waals surface area contributed by atoms with E-state index < -0.39 is 0 Å². The highest BCUT2D eigenvalue weighted by molar-refractivity contribution is 9.10. The first-order valence-corrected chi connectivity index (χ1v) is 6.94. The molecule has 1 aliphatic heterocycles. The minimum Gasteiger partial charge on any atom is -0.334 e. The van der Waals surface area contributed by atoms with Gasteiger partial charge in [0.1, 0.15) is 5.82 Å². The lowest BCUT2D eigenvalue weighted by atomic mass is 10.2. The standard InChI is InChI=1S/C14H15BrN2/c15-12-7-5-11(6-8-12)13-10-17-9-3-1-2-4-14(17)16-13/h5-8,10H,1-4,9H2. The lowest BCUT2D eigenvalue weighted by Crippen LogP contribution is -1.98. The molecule has 17 heavy (non-hydrogen) atoms. The maximum atomic E-state index is 4.76. The Bertz CT molecular complexity index is 490. The summed E-state index contributed by atoms with van der Waals surface area (Å²) in [6.07, 6.45) is 7.21. The summed E-state index contributed by atoms with van der Waals surface area (Å²) in [6, 6.07) is 8.37. The molecule has 0 atom stereocenters. The minimum atomic E-state index is 1.11. The van der Waals surface area contributed by atoms with E-state index in [4.69, 9.17) is 4.98 Å². The molecule has 0 aliphatic carbocycles. The van der Waals surface area contributed by atoms with Crippen molar-refractivity contribution in [2.75, 3.05) is 0 Å². The zero-order chi connectivity index (χ0) is 11.7. The fourth-order valence-electron chi connectivity index (χ4n) is 2.35. The van der Waals surface area contributed by atoms with Gasteiger partial charge in [-0.3, -0.25) is 0 Å². The molecule has 0 spiro atoms. The minimum absolute atomic E-state index is 1.11. The van der Waals surface area contributed by atoms with E-state index in [1.54, 1.807) is 0 Å². The fraction of sp³-hybridized carbons (Fsp3) is 0.357. The highest BCUT2D eigenvalue weighted by Crippen LogP contribution is 2.23. The van der Waals surface area contributed by atoms with Gasteiger partial charge in [-0.1, -0.05) is 34.5 Å². The first-order valence-electron chi connectivity index (χ1n) is 6.15. The normalized spacial score (nSPS) is 15.4. The van der Waals surface area contributed by atoms with Crippen LogP contribution in [-0.2, 0) is 13.0 Å². The van der Waals surface area contributed by atoms with E-state index in [0.717, 1.165) is 23.1 Å². The summed E-state index contributed by atoms with van der Waals surface area (Å²) in [5.41, 5.74) is 2.31. The van der Waals surface area contributed by atoms with Gasteiger partial charge in [0.2, 0.25) is 0 Å². The second-order valence-corrected chi connectivity index (χ2v) is 5.47. The van der Waals surface area contributed by atoms with Crippen molar-refractivity contribution < 1.29 is 0 Å². The zero-order valence-corrected chi connectivity index (χ0v) is 11.3. The third kappa shape index (κ3) is 2.29. The van der Waals surface area contributed by atoms with Crippen LogP contribution in [0.1, 0.15) is 25.1 Å². The molecule has 3 heteroatoms. The van der Waals surface area contributed by atoms with Crippen LogP contribution in [0.15, 0.2) is 34.9 Å². The number of aromatic nitrogens is 2. The van der Waals surface area contributed by atoms with Crippen LogP contribution in [0.2, 0.25) is 0 Å². The maximum Gasteiger partial charge on any atom is 0.109 e. The molecular formula is C14H15BrN2. The predicted octanol–water partition coefficient (Wildman–Crippen LogP) is 4.04. The van der Waals surface area contributed by atoms with Crippen LogP contribution < -0.4 is 0 Å². The third-order valence-corrected chi connectivity index (χ3v) is 3.83. The van der Waals surface area contributed by atoms with E-state index >= 15 is 0 Å². The molecule has 0 saturated carbocycles. The molecule has 0 fully saturated rings. The van der Waals surface area contributed by atoms with E-state index in [2.05, 4.69) is 51.0 Å². The van der Waals surface area contributed by atoms with Gasteiger partial charge in [-0.15, -0.1) is 0 Å². The van der Waals surface area contributed by atoms with Gasteiger partial charge in [0.25, 0.3) is 0 Å². The second-order valence-electron chi connectivity index (χ2n) is 4.55. The molecule has 0 amide bonds. The van der Waals surface area contributed by atoms with Crippen LogP contribution in [0.5, 0.6) is 0 Å². The Morgan fingerprint density at radius 1 is 1.06 bits per heavy atom. The Labute approximate surface area is 110 Å². The number of benzene rings is 1. The van der Waals surface area contributed by atoms with Crippen molar-refractivity contribution in [2.45, 2.75) is 32.2 Å². The molecule has 0 saturated heterocycles. The van der Waals surface area contributed by atoms with Crippen molar-refractivity contribution in [2.24, 2.45) is 0 Å². The summed E-state index contributed by atoms with van der Waals surface area (Å²) in [5.74, 6) is 1.25. The smallest absolute Gasteiger partial charge is 0.109 e. The Hall–Kier alpha value is -1.09. The van der Waals surface area contributed by atoms with Crippen molar-refractivity contribution in [1.82, 2.24) is 9.55 Å². The van der Waals surface area contributed by atoms with Crippen molar-refractivity contribution in [3.05, 3.63) is 40.8 Å². The quantitative estimate of drug-likeness (QED) is 0.775. The molecule has 0 bridgehead atoms. The summed E-state index contributed by atoms with van der Waals surface area (Å²) in [5, 5.41) is 0. The first-order chi connectivity index (χ1) is 8.33. The molecule has 1 aromatic heterocycles. The number of fused-ring (bicyclic) bond motifs is 1. The Morgan fingerprint density at radius 2 is 1.88 bits per heavy atom. The van der Waals surface area contributed by atoms with Gasteiger partial charge in [-0.2, -0.15) is 0 Å². The molecular weight excluding hydrogens is 276 g/mol. The number of aryl methyl sites for hydroxylation is 2. The van der Waals surface area contributed by atoms with E-state index in [-0.39, 0.29) is 0 Å². The molecule has 2 heterocycles. The van der Waals surface area contributed by atoms with Gasteiger partial charge in [0.15, 0.2) is 0 Å². The average Bonchev–Trinajstić information content (AvgIpc) is 2.62. The summed E-state index contributed by atoms with van der Waals surface area (Å²) in [7, 11) is 0. The SMILES string of the molecule is Brc1ccc(-c2cn3c(n2)CCCCC3)cc1. The molecule has 3 rings (SSSR count). The largest absolute Gasteiger partial charge is 0.334 e. The van der Waals surface area contributed by atoms with Crippen molar-refractivity contribution in [1.29, 1.82) is 0 Å². The number of hydrogen-bond acceptors (Lipinski definition) is 1. The zero-order valence-electron chi connectivity index (χ0n) is 9.69. The topological polar surface area (TPSA) is 17.8 Å². The summed E-state index contributed by atoms with van der Waals surface area (Å²) < 4.78 is 3.44. The van der Waals surface area contributed by atoms with E-state index in [1.165, 1.54) is 30.7 Å². The van der Waals surface area contributed by atoms with E-state index in [0.29, 0.717) is 0 Å². The Kier molecular flexibility index (Phi) is 3.02. The molecule has 2 nitrogen and oxygen atoms in total. The molecule has 88 valence electrons. The van der Waals surface area contributed by atoms with Crippen LogP contribution in [-0.4, -0.2) is 9.55 Å². The average molecular weight is 291 g/mol. The van der Waals surface area contributed by atoms with Crippen LogP contribution in [0.3, 0.4) is 0 Å². The summed E-state index contributed by atoms with van der Waals surface area (Å²) >= 11 is 3.46. The first kappa shape index (κ1) is 11.0.